The number of nitrogens with zero attached hydrogens (tertiary/aromatic N) is 1. The van der Waals surface area contributed by atoms with Crippen LogP contribution in [0.15, 0.2) is 113 Å². The van der Waals surface area contributed by atoms with Crippen molar-refractivity contribution in [1.82, 2.24) is 9.55 Å². The molecular weight excluding hydrogens is 532 g/mol. The quantitative estimate of drug-likeness (QED) is 0.256. The normalized spacial score (nSPS) is 19.7. The molecule has 1 saturated heterocycles. The van der Waals surface area contributed by atoms with Crippen LogP contribution in [0.4, 0.5) is 0 Å². The van der Waals surface area contributed by atoms with Crippen LogP contribution < -0.4 is 11.2 Å². The van der Waals surface area contributed by atoms with E-state index in [1.165, 1.54) is 30.5 Å². The summed E-state index contributed by atoms with van der Waals surface area (Å²) in [5.41, 5.74) is -0.804. The zero-order valence-electron chi connectivity index (χ0n) is 21.5. The van der Waals surface area contributed by atoms with Gasteiger partial charge in [-0.05, 0) is 36.4 Å². The molecule has 11 nitrogen and oxygen atoms in total. The van der Waals surface area contributed by atoms with Crippen molar-refractivity contribution in [2.75, 3.05) is 6.61 Å². The first kappa shape index (κ1) is 27.3. The Labute approximate surface area is 232 Å². The summed E-state index contributed by atoms with van der Waals surface area (Å²) < 4.78 is 24.1. The number of H-pyrrole nitrogens is 1. The Morgan fingerprint density at radius 2 is 1.17 bits per heavy atom. The van der Waals surface area contributed by atoms with E-state index in [2.05, 4.69) is 4.98 Å². The van der Waals surface area contributed by atoms with Gasteiger partial charge in [-0.15, -0.1) is 0 Å². The van der Waals surface area contributed by atoms with Gasteiger partial charge in [0, 0.05) is 12.3 Å². The highest BCUT2D eigenvalue weighted by Crippen LogP contribution is 2.34. The van der Waals surface area contributed by atoms with Crippen LogP contribution in [0, 0.1) is 0 Å². The summed E-state index contributed by atoms with van der Waals surface area (Å²) >= 11 is 0. The Morgan fingerprint density at radius 3 is 1.68 bits per heavy atom. The molecule has 1 N–H and O–H groups in total. The van der Waals surface area contributed by atoms with Gasteiger partial charge in [0.05, 0.1) is 16.7 Å². The van der Waals surface area contributed by atoms with Gasteiger partial charge >= 0.3 is 23.6 Å². The molecule has 208 valence electrons. The third-order valence-electron chi connectivity index (χ3n) is 6.30. The molecular formula is C30H24N2O9. The molecule has 3 aromatic carbocycles. The molecule has 1 aliphatic heterocycles. The van der Waals surface area contributed by atoms with E-state index in [1.807, 2.05) is 0 Å². The summed E-state index contributed by atoms with van der Waals surface area (Å²) in [4.78, 5) is 65.5. The summed E-state index contributed by atoms with van der Waals surface area (Å²) in [6.45, 7) is -0.408. The van der Waals surface area contributed by atoms with Crippen molar-refractivity contribution < 1.29 is 33.3 Å². The SMILES string of the molecule is O=C(OC[C@@H]1O[C@H](n2ccc(=O)[nH]c2=O)[C@H](OC(=O)c2ccccc2)[C@@H]1OC(=O)c1ccccc1)c1ccccc1. The van der Waals surface area contributed by atoms with Gasteiger partial charge in [0.25, 0.3) is 5.56 Å². The lowest BCUT2D eigenvalue weighted by molar-refractivity contribution is -0.0640. The molecule has 0 amide bonds. The number of hydrogen-bond acceptors (Lipinski definition) is 9. The second kappa shape index (κ2) is 12.3. The Bertz CT molecular complexity index is 1640. The van der Waals surface area contributed by atoms with Crippen molar-refractivity contribution >= 4 is 17.9 Å². The van der Waals surface area contributed by atoms with Gasteiger partial charge in [-0.25, -0.2) is 19.2 Å². The fourth-order valence-electron chi connectivity index (χ4n) is 4.31. The molecule has 4 atom stereocenters. The van der Waals surface area contributed by atoms with Crippen molar-refractivity contribution in [3.05, 3.63) is 141 Å². The van der Waals surface area contributed by atoms with Crippen molar-refractivity contribution in [2.24, 2.45) is 0 Å². The second-order valence-electron chi connectivity index (χ2n) is 9.02. The monoisotopic (exact) mass is 556 g/mol. The third-order valence-corrected chi connectivity index (χ3v) is 6.30. The highest BCUT2D eigenvalue weighted by Gasteiger charge is 2.51. The average molecular weight is 557 g/mol. The van der Waals surface area contributed by atoms with Gasteiger partial charge in [-0.2, -0.15) is 0 Å². The molecule has 1 aromatic heterocycles. The number of rotatable bonds is 8. The molecule has 1 fully saturated rings. The van der Waals surface area contributed by atoms with E-state index in [0.717, 1.165) is 10.6 Å². The van der Waals surface area contributed by atoms with Crippen LogP contribution in [0.5, 0.6) is 0 Å². The Hall–Kier alpha value is -5.29. The highest BCUT2D eigenvalue weighted by molar-refractivity contribution is 5.91. The van der Waals surface area contributed by atoms with Crippen LogP contribution in [-0.2, 0) is 18.9 Å². The average Bonchev–Trinajstić information content (AvgIpc) is 3.33. The van der Waals surface area contributed by atoms with Crippen molar-refractivity contribution in [2.45, 2.75) is 24.5 Å². The molecule has 4 aromatic rings. The van der Waals surface area contributed by atoms with Crippen LogP contribution in [0.3, 0.4) is 0 Å². The topological polar surface area (TPSA) is 143 Å². The molecule has 2 heterocycles. The van der Waals surface area contributed by atoms with E-state index in [4.69, 9.17) is 18.9 Å². The number of aromatic nitrogens is 2. The summed E-state index contributed by atoms with van der Waals surface area (Å²) in [7, 11) is 0. The van der Waals surface area contributed by atoms with E-state index in [9.17, 15) is 24.0 Å². The predicted molar refractivity (Wildman–Crippen MR) is 143 cm³/mol. The number of esters is 3. The third kappa shape index (κ3) is 6.31. The molecule has 0 saturated carbocycles. The smallest absolute Gasteiger partial charge is 0.338 e. The maximum absolute atomic E-state index is 13.1. The number of aromatic amines is 1. The maximum Gasteiger partial charge on any atom is 0.338 e. The zero-order chi connectivity index (χ0) is 28.8. The molecule has 1 aliphatic rings. The van der Waals surface area contributed by atoms with Crippen molar-refractivity contribution in [3.8, 4) is 0 Å². The minimum atomic E-state index is -1.38. The van der Waals surface area contributed by atoms with Gasteiger partial charge < -0.3 is 18.9 Å². The van der Waals surface area contributed by atoms with E-state index in [-0.39, 0.29) is 16.7 Å². The summed E-state index contributed by atoms with van der Waals surface area (Å²) in [5.74, 6) is -2.19. The van der Waals surface area contributed by atoms with Crippen molar-refractivity contribution in [1.29, 1.82) is 0 Å². The first-order chi connectivity index (χ1) is 19.9. The number of benzene rings is 3. The molecule has 0 radical (unpaired) electrons. The summed E-state index contributed by atoms with van der Waals surface area (Å²) in [6.07, 6.45) is -4.03. The van der Waals surface area contributed by atoms with Gasteiger partial charge in [0.2, 0.25) is 0 Å². The molecule has 41 heavy (non-hydrogen) atoms. The number of carbonyl (C=O) groups excluding carboxylic acids is 3. The Balaban J connectivity index is 1.50. The fourth-order valence-corrected chi connectivity index (χ4v) is 4.31. The van der Waals surface area contributed by atoms with Crippen LogP contribution in [0.1, 0.15) is 37.3 Å². The van der Waals surface area contributed by atoms with Gasteiger partial charge in [-0.3, -0.25) is 14.3 Å². The lowest BCUT2D eigenvalue weighted by Crippen LogP contribution is -2.43. The van der Waals surface area contributed by atoms with Crippen LogP contribution in [-0.4, -0.2) is 52.4 Å². The van der Waals surface area contributed by atoms with Crippen LogP contribution in [0.25, 0.3) is 0 Å². The van der Waals surface area contributed by atoms with E-state index < -0.39 is 60.3 Å². The zero-order valence-corrected chi connectivity index (χ0v) is 21.5. The Morgan fingerprint density at radius 1 is 0.683 bits per heavy atom. The molecule has 0 bridgehead atoms. The number of ether oxygens (including phenoxy) is 4. The lowest BCUT2D eigenvalue weighted by Gasteiger charge is -2.25. The van der Waals surface area contributed by atoms with Gasteiger partial charge in [-0.1, -0.05) is 54.6 Å². The Kier molecular flexibility index (Phi) is 8.16. The fraction of sp³-hybridized carbons (Fsp3) is 0.167. The molecule has 11 heteroatoms. The molecule has 0 spiro atoms. The first-order valence-corrected chi connectivity index (χ1v) is 12.6. The molecule has 5 rings (SSSR count). The molecule has 0 unspecified atom stereocenters. The minimum absolute atomic E-state index is 0.201. The number of carbonyl (C=O) groups is 3. The van der Waals surface area contributed by atoms with Crippen LogP contribution >= 0.6 is 0 Å². The largest absolute Gasteiger partial charge is 0.459 e. The minimum Gasteiger partial charge on any atom is -0.459 e. The van der Waals surface area contributed by atoms with E-state index in [0.29, 0.717) is 0 Å². The standard InChI is InChI=1S/C30H24N2O9/c33-23-16-17-32(30(37)31-23)26-25(41-29(36)21-14-8-3-9-15-21)24(40-28(35)20-12-6-2-7-13-20)22(39-26)18-38-27(34)19-10-4-1-5-11-19/h1-17,22,24-26H,18H2,(H,31,33,37)/t22-,24+,25+,26-/m0/s1. The number of nitrogens with one attached hydrogen (secondary N) is 1. The summed E-state index contributed by atoms with van der Waals surface area (Å²) in [6, 6.07) is 25.5. The number of hydrogen-bond donors (Lipinski definition) is 1. The van der Waals surface area contributed by atoms with Gasteiger partial charge in [0.1, 0.15) is 12.7 Å². The first-order valence-electron chi connectivity index (χ1n) is 12.6. The lowest BCUT2D eigenvalue weighted by atomic mass is 10.1. The molecule has 0 aliphatic carbocycles. The van der Waals surface area contributed by atoms with Crippen LogP contribution in [0.2, 0.25) is 0 Å². The second-order valence-corrected chi connectivity index (χ2v) is 9.02. The van der Waals surface area contributed by atoms with E-state index in [1.54, 1.807) is 66.7 Å². The predicted octanol–water partition coefficient (Wildman–Crippen LogP) is 2.74. The highest BCUT2D eigenvalue weighted by atomic mass is 16.7. The van der Waals surface area contributed by atoms with E-state index >= 15 is 0 Å². The van der Waals surface area contributed by atoms with Gasteiger partial charge in [0.15, 0.2) is 18.4 Å². The maximum atomic E-state index is 13.1. The van der Waals surface area contributed by atoms with Crippen molar-refractivity contribution in [3.63, 3.8) is 0 Å². The summed E-state index contributed by atoms with van der Waals surface area (Å²) in [5, 5.41) is 0.